The molecule has 0 radical (unpaired) electrons. The maximum absolute atomic E-state index is 11.5. The molecule has 1 atom stereocenters. The summed E-state index contributed by atoms with van der Waals surface area (Å²) < 4.78 is 10.5. The number of nitrogens with two attached hydrogens (primary N) is 1. The van der Waals surface area contributed by atoms with Crippen molar-refractivity contribution in [3.05, 3.63) is 0 Å². The predicted octanol–water partition coefficient (Wildman–Crippen LogP) is 0.768. The van der Waals surface area contributed by atoms with Crippen molar-refractivity contribution in [3.63, 3.8) is 0 Å². The van der Waals surface area contributed by atoms with Crippen LogP contribution in [0.15, 0.2) is 0 Å². The van der Waals surface area contributed by atoms with Crippen LogP contribution in [0.1, 0.15) is 33.1 Å². The molecule has 0 aromatic heterocycles. The summed E-state index contributed by atoms with van der Waals surface area (Å²) in [5.74, 6) is -0.134. The van der Waals surface area contributed by atoms with E-state index in [9.17, 15) is 4.79 Å². The number of carbonyl (C=O) groups excluding carboxylic acids is 1. The van der Waals surface area contributed by atoms with Crippen LogP contribution < -0.4 is 5.73 Å². The van der Waals surface area contributed by atoms with Crippen molar-refractivity contribution in [2.75, 3.05) is 32.8 Å². The third kappa shape index (κ3) is 5.80. The zero-order valence-electron chi connectivity index (χ0n) is 11.6. The topological polar surface area (TPSA) is 64.8 Å². The Labute approximate surface area is 110 Å². The Morgan fingerprint density at radius 1 is 1.39 bits per heavy atom. The normalized spacial score (nSPS) is 16.9. The Morgan fingerprint density at radius 3 is 2.61 bits per heavy atom. The van der Waals surface area contributed by atoms with Crippen molar-refractivity contribution in [1.29, 1.82) is 0 Å². The minimum Gasteiger partial charge on any atom is -0.465 e. The fraction of sp³-hybridized carbons (Fsp3) is 0.923. The van der Waals surface area contributed by atoms with Crippen LogP contribution in [0.5, 0.6) is 0 Å². The fourth-order valence-electron chi connectivity index (χ4n) is 2.02. The molecule has 0 bridgehead atoms. The van der Waals surface area contributed by atoms with Gasteiger partial charge in [-0.25, -0.2) is 0 Å². The van der Waals surface area contributed by atoms with Gasteiger partial charge in [0, 0.05) is 25.7 Å². The van der Waals surface area contributed by atoms with Gasteiger partial charge in [0.25, 0.3) is 0 Å². The van der Waals surface area contributed by atoms with Crippen LogP contribution >= 0.6 is 0 Å². The lowest BCUT2D eigenvalue weighted by atomic mass is 10.2. The second-order valence-corrected chi connectivity index (χ2v) is 4.61. The summed E-state index contributed by atoms with van der Waals surface area (Å²) in [5, 5.41) is 0. The summed E-state index contributed by atoms with van der Waals surface area (Å²) in [4.78, 5) is 13.7. The molecule has 1 saturated carbocycles. The van der Waals surface area contributed by atoms with E-state index in [-0.39, 0.29) is 12.1 Å². The highest BCUT2D eigenvalue weighted by molar-refractivity contribution is 5.71. The molecule has 1 aliphatic rings. The van der Waals surface area contributed by atoms with Gasteiger partial charge < -0.3 is 15.2 Å². The van der Waals surface area contributed by atoms with Crippen molar-refractivity contribution in [1.82, 2.24) is 4.90 Å². The first kappa shape index (κ1) is 15.4. The zero-order valence-corrected chi connectivity index (χ0v) is 11.6. The number of esters is 1. The SMILES string of the molecule is CCOC(=O)CN(CCC(CN)OCC)C1CC1. The summed E-state index contributed by atoms with van der Waals surface area (Å²) in [6.07, 6.45) is 3.33. The van der Waals surface area contributed by atoms with Crippen LogP contribution in [0, 0.1) is 0 Å². The molecule has 1 fully saturated rings. The van der Waals surface area contributed by atoms with Gasteiger partial charge in [0.15, 0.2) is 0 Å². The summed E-state index contributed by atoms with van der Waals surface area (Å²) in [7, 11) is 0. The first-order valence-corrected chi connectivity index (χ1v) is 6.92. The molecule has 0 aromatic rings. The Morgan fingerprint density at radius 2 is 2.11 bits per heavy atom. The number of nitrogens with zero attached hydrogens (tertiary/aromatic N) is 1. The van der Waals surface area contributed by atoms with Crippen molar-refractivity contribution in [2.24, 2.45) is 5.73 Å². The fourth-order valence-corrected chi connectivity index (χ4v) is 2.02. The van der Waals surface area contributed by atoms with E-state index in [1.54, 1.807) is 0 Å². The summed E-state index contributed by atoms with van der Waals surface area (Å²) in [6, 6.07) is 0.550. The molecule has 18 heavy (non-hydrogen) atoms. The van der Waals surface area contributed by atoms with Crippen LogP contribution in [-0.2, 0) is 14.3 Å². The smallest absolute Gasteiger partial charge is 0.320 e. The molecule has 5 heteroatoms. The predicted molar refractivity (Wildman–Crippen MR) is 70.3 cm³/mol. The highest BCUT2D eigenvalue weighted by atomic mass is 16.5. The number of hydrogen-bond donors (Lipinski definition) is 1. The molecule has 0 saturated heterocycles. The maximum atomic E-state index is 11.5. The molecule has 5 nitrogen and oxygen atoms in total. The highest BCUT2D eigenvalue weighted by Crippen LogP contribution is 2.27. The highest BCUT2D eigenvalue weighted by Gasteiger charge is 2.30. The molecule has 0 aromatic carbocycles. The summed E-state index contributed by atoms with van der Waals surface area (Å²) in [6.45, 7) is 6.71. The van der Waals surface area contributed by atoms with Crippen molar-refractivity contribution >= 4 is 5.97 Å². The maximum Gasteiger partial charge on any atom is 0.320 e. The number of hydrogen-bond acceptors (Lipinski definition) is 5. The van der Waals surface area contributed by atoms with Gasteiger partial charge in [-0.05, 0) is 33.1 Å². The Balaban J connectivity index is 2.31. The van der Waals surface area contributed by atoms with Gasteiger partial charge in [0.05, 0.1) is 19.3 Å². The molecule has 0 amide bonds. The third-order valence-corrected chi connectivity index (χ3v) is 3.10. The van der Waals surface area contributed by atoms with Crippen molar-refractivity contribution in [3.8, 4) is 0 Å². The Kier molecular flexibility index (Phi) is 7.23. The monoisotopic (exact) mass is 258 g/mol. The molecule has 1 aliphatic carbocycles. The average Bonchev–Trinajstić information content (AvgIpc) is 3.17. The molecule has 1 unspecified atom stereocenters. The first-order valence-electron chi connectivity index (χ1n) is 6.92. The standard InChI is InChI=1S/C13H26N2O3/c1-3-17-12(9-14)7-8-15(11-5-6-11)10-13(16)18-4-2/h11-12H,3-10,14H2,1-2H3. The number of carbonyl (C=O) groups is 1. The molecule has 0 spiro atoms. The van der Waals surface area contributed by atoms with E-state index < -0.39 is 0 Å². The Hall–Kier alpha value is -0.650. The lowest BCUT2D eigenvalue weighted by Crippen LogP contribution is -2.37. The van der Waals surface area contributed by atoms with Gasteiger partial charge in [-0.15, -0.1) is 0 Å². The van der Waals surface area contributed by atoms with Crippen LogP contribution in [0.4, 0.5) is 0 Å². The van der Waals surface area contributed by atoms with Crippen LogP contribution in [0.25, 0.3) is 0 Å². The molecule has 2 N–H and O–H groups in total. The zero-order chi connectivity index (χ0) is 13.4. The van der Waals surface area contributed by atoms with Gasteiger partial charge >= 0.3 is 5.97 Å². The average molecular weight is 258 g/mol. The minimum atomic E-state index is -0.134. The number of rotatable bonds is 10. The molecule has 1 rings (SSSR count). The van der Waals surface area contributed by atoms with Crippen molar-refractivity contribution in [2.45, 2.75) is 45.3 Å². The van der Waals surface area contributed by atoms with E-state index in [2.05, 4.69) is 4.90 Å². The molecular weight excluding hydrogens is 232 g/mol. The molecule has 0 aliphatic heterocycles. The molecule has 0 heterocycles. The third-order valence-electron chi connectivity index (χ3n) is 3.10. The van der Waals surface area contributed by atoms with E-state index in [0.717, 1.165) is 13.0 Å². The van der Waals surface area contributed by atoms with Gasteiger partial charge in [-0.1, -0.05) is 0 Å². The van der Waals surface area contributed by atoms with Gasteiger partial charge in [0.2, 0.25) is 0 Å². The second-order valence-electron chi connectivity index (χ2n) is 4.61. The molecular formula is C13H26N2O3. The van der Waals surface area contributed by atoms with Crippen LogP contribution in [0.2, 0.25) is 0 Å². The van der Waals surface area contributed by atoms with E-state index in [4.69, 9.17) is 15.2 Å². The lowest BCUT2D eigenvalue weighted by Gasteiger charge is -2.23. The van der Waals surface area contributed by atoms with E-state index >= 15 is 0 Å². The summed E-state index contributed by atoms with van der Waals surface area (Å²) in [5.41, 5.74) is 5.65. The van der Waals surface area contributed by atoms with Crippen LogP contribution in [0.3, 0.4) is 0 Å². The van der Waals surface area contributed by atoms with E-state index in [1.165, 1.54) is 12.8 Å². The van der Waals surface area contributed by atoms with Gasteiger partial charge in [-0.3, -0.25) is 9.69 Å². The quantitative estimate of drug-likeness (QED) is 0.586. The first-order chi connectivity index (χ1) is 8.71. The Bertz CT molecular complexity index is 244. The minimum absolute atomic E-state index is 0.0958. The summed E-state index contributed by atoms with van der Waals surface area (Å²) >= 11 is 0. The largest absolute Gasteiger partial charge is 0.465 e. The van der Waals surface area contributed by atoms with Gasteiger partial charge in [0.1, 0.15) is 0 Å². The van der Waals surface area contributed by atoms with Crippen LogP contribution in [-0.4, -0.2) is 55.9 Å². The molecule has 106 valence electrons. The number of ether oxygens (including phenoxy) is 2. The lowest BCUT2D eigenvalue weighted by molar-refractivity contribution is -0.144. The van der Waals surface area contributed by atoms with Crippen molar-refractivity contribution < 1.29 is 14.3 Å². The second kappa shape index (κ2) is 8.45. The van der Waals surface area contributed by atoms with Gasteiger partial charge in [-0.2, -0.15) is 0 Å². The van der Waals surface area contributed by atoms with E-state index in [0.29, 0.717) is 32.3 Å². The van der Waals surface area contributed by atoms with E-state index in [1.807, 2.05) is 13.8 Å².